The minimum Gasteiger partial charge on any atom is -0.480 e. The number of imidazole rings is 1. The molecular formula is C11H15N3O4. The van der Waals surface area contributed by atoms with E-state index in [0.29, 0.717) is 13.0 Å². The van der Waals surface area contributed by atoms with Gasteiger partial charge in [0.25, 0.3) is 5.91 Å². The van der Waals surface area contributed by atoms with Crippen LogP contribution in [0, 0.1) is 5.92 Å². The number of aromatic amines is 2. The molecule has 3 N–H and O–H groups in total. The molecule has 1 aromatic rings. The van der Waals surface area contributed by atoms with Crippen molar-refractivity contribution in [3.05, 3.63) is 22.4 Å². The van der Waals surface area contributed by atoms with Crippen LogP contribution in [-0.2, 0) is 4.79 Å². The van der Waals surface area contributed by atoms with Crippen molar-refractivity contribution in [1.82, 2.24) is 14.9 Å². The quantitative estimate of drug-likeness (QED) is 0.691. The van der Waals surface area contributed by atoms with Gasteiger partial charge < -0.3 is 20.0 Å². The number of aliphatic carboxylic acids is 1. The Labute approximate surface area is 103 Å². The highest BCUT2D eigenvalue weighted by molar-refractivity contribution is 5.94. The van der Waals surface area contributed by atoms with Crippen LogP contribution in [0.15, 0.2) is 11.0 Å². The molecule has 1 aliphatic heterocycles. The highest BCUT2D eigenvalue weighted by atomic mass is 16.4. The van der Waals surface area contributed by atoms with Gasteiger partial charge in [0, 0.05) is 12.7 Å². The summed E-state index contributed by atoms with van der Waals surface area (Å²) in [5, 5.41) is 9.15. The number of aromatic nitrogens is 2. The molecular weight excluding hydrogens is 238 g/mol. The summed E-state index contributed by atoms with van der Waals surface area (Å²) >= 11 is 0. The molecule has 2 heterocycles. The minimum atomic E-state index is -1.01. The molecule has 7 heteroatoms. The molecule has 0 aliphatic carbocycles. The predicted octanol–water partition coefficient (Wildman–Crippen LogP) is 0.0283. The molecule has 0 bridgehead atoms. The molecule has 1 aliphatic rings. The van der Waals surface area contributed by atoms with E-state index in [9.17, 15) is 14.4 Å². The van der Waals surface area contributed by atoms with Gasteiger partial charge in [0.2, 0.25) is 0 Å². The van der Waals surface area contributed by atoms with E-state index in [4.69, 9.17) is 5.11 Å². The Kier molecular flexibility index (Phi) is 3.22. The van der Waals surface area contributed by atoms with Crippen molar-refractivity contribution < 1.29 is 14.7 Å². The van der Waals surface area contributed by atoms with Crippen LogP contribution in [0.5, 0.6) is 0 Å². The molecule has 1 fully saturated rings. The number of nitrogens with one attached hydrogen (secondary N) is 2. The number of likely N-dealkylation sites (tertiary alicyclic amines) is 1. The first kappa shape index (κ1) is 12.4. The Morgan fingerprint density at radius 3 is 2.78 bits per heavy atom. The molecule has 1 amide bonds. The van der Waals surface area contributed by atoms with Gasteiger partial charge in [0.15, 0.2) is 0 Å². The van der Waals surface area contributed by atoms with Crippen molar-refractivity contribution in [1.29, 1.82) is 0 Å². The molecule has 0 spiro atoms. The second-order valence-electron chi connectivity index (χ2n) is 4.64. The molecule has 1 aromatic heterocycles. The topological polar surface area (TPSA) is 106 Å². The van der Waals surface area contributed by atoms with Gasteiger partial charge in [-0.15, -0.1) is 0 Å². The second-order valence-corrected chi connectivity index (χ2v) is 4.64. The maximum Gasteiger partial charge on any atom is 0.326 e. The lowest BCUT2D eigenvalue weighted by atomic mass is 9.92. The fraction of sp³-hybridized carbons (Fsp3) is 0.545. The number of amides is 1. The highest BCUT2D eigenvalue weighted by Crippen LogP contribution is 2.23. The first-order valence-electron chi connectivity index (χ1n) is 5.80. The van der Waals surface area contributed by atoms with Gasteiger partial charge >= 0.3 is 11.7 Å². The van der Waals surface area contributed by atoms with Gasteiger partial charge in [-0.05, 0) is 18.8 Å². The Hall–Kier alpha value is -2.05. The van der Waals surface area contributed by atoms with E-state index < -0.39 is 23.6 Å². The molecule has 0 radical (unpaired) electrons. The number of carbonyl (C=O) groups is 2. The molecule has 0 saturated carbocycles. The second kappa shape index (κ2) is 4.67. The van der Waals surface area contributed by atoms with Gasteiger partial charge in [-0.25, -0.2) is 9.59 Å². The minimum absolute atomic E-state index is 0.0980. The van der Waals surface area contributed by atoms with Gasteiger partial charge in [0.05, 0.1) is 0 Å². The fourth-order valence-corrected chi connectivity index (χ4v) is 2.22. The van der Waals surface area contributed by atoms with Gasteiger partial charge in [-0.3, -0.25) is 4.79 Å². The number of H-pyrrole nitrogens is 2. The third kappa shape index (κ3) is 2.29. The van der Waals surface area contributed by atoms with Crippen LogP contribution < -0.4 is 5.69 Å². The SMILES string of the molecule is CC1CCN(C(=O)c2c[nH]c(=O)[nH]2)C(C(=O)O)C1. The van der Waals surface area contributed by atoms with E-state index in [1.807, 2.05) is 6.92 Å². The monoisotopic (exact) mass is 253 g/mol. The summed E-state index contributed by atoms with van der Waals surface area (Å²) in [5.74, 6) is -1.18. The molecule has 7 nitrogen and oxygen atoms in total. The highest BCUT2D eigenvalue weighted by Gasteiger charge is 2.35. The predicted molar refractivity (Wildman–Crippen MR) is 62.3 cm³/mol. The Morgan fingerprint density at radius 1 is 1.50 bits per heavy atom. The number of carboxylic acids is 1. The van der Waals surface area contributed by atoms with Crippen molar-refractivity contribution >= 4 is 11.9 Å². The van der Waals surface area contributed by atoms with Crippen LogP contribution in [0.3, 0.4) is 0 Å². The molecule has 0 aromatic carbocycles. The third-order valence-electron chi connectivity index (χ3n) is 3.24. The maximum absolute atomic E-state index is 12.1. The summed E-state index contributed by atoms with van der Waals surface area (Å²) < 4.78 is 0. The van der Waals surface area contributed by atoms with E-state index >= 15 is 0 Å². The van der Waals surface area contributed by atoms with Crippen LogP contribution >= 0.6 is 0 Å². The number of carbonyl (C=O) groups excluding carboxylic acids is 1. The molecule has 1 saturated heterocycles. The molecule has 2 rings (SSSR count). The zero-order chi connectivity index (χ0) is 13.3. The summed E-state index contributed by atoms with van der Waals surface area (Å²) in [5.41, 5.74) is -0.378. The van der Waals surface area contributed by atoms with Crippen molar-refractivity contribution in [2.75, 3.05) is 6.54 Å². The number of hydrogen-bond acceptors (Lipinski definition) is 3. The first-order chi connectivity index (χ1) is 8.49. The number of rotatable bonds is 2. The summed E-state index contributed by atoms with van der Waals surface area (Å²) in [6.45, 7) is 2.36. The first-order valence-corrected chi connectivity index (χ1v) is 5.80. The Morgan fingerprint density at radius 2 is 2.22 bits per heavy atom. The average molecular weight is 253 g/mol. The van der Waals surface area contributed by atoms with Crippen molar-refractivity contribution in [2.45, 2.75) is 25.8 Å². The standard InChI is InChI=1S/C11H15N3O4/c1-6-2-3-14(8(4-6)10(16)17)9(15)7-5-12-11(18)13-7/h5-6,8H,2-4H2,1H3,(H,16,17)(H2,12,13,18). The molecule has 2 unspecified atom stereocenters. The maximum atomic E-state index is 12.1. The van der Waals surface area contributed by atoms with E-state index in [-0.39, 0.29) is 11.6 Å². The molecule has 18 heavy (non-hydrogen) atoms. The number of nitrogens with zero attached hydrogens (tertiary/aromatic N) is 1. The number of hydrogen-bond donors (Lipinski definition) is 3. The zero-order valence-electron chi connectivity index (χ0n) is 9.97. The van der Waals surface area contributed by atoms with Gasteiger partial charge in [-0.2, -0.15) is 0 Å². The fourth-order valence-electron chi connectivity index (χ4n) is 2.22. The van der Waals surface area contributed by atoms with E-state index in [1.165, 1.54) is 11.1 Å². The van der Waals surface area contributed by atoms with Gasteiger partial charge in [-0.1, -0.05) is 6.92 Å². The lowest BCUT2D eigenvalue weighted by Crippen LogP contribution is -2.49. The summed E-state index contributed by atoms with van der Waals surface area (Å²) in [6, 6.07) is -0.820. The van der Waals surface area contributed by atoms with E-state index in [0.717, 1.165) is 6.42 Å². The number of carboxylic acid groups (broad SMARTS) is 1. The summed E-state index contributed by atoms with van der Waals surface area (Å²) in [4.78, 5) is 40.2. The lowest BCUT2D eigenvalue weighted by molar-refractivity contribution is -0.144. The van der Waals surface area contributed by atoms with Crippen LogP contribution in [0.1, 0.15) is 30.3 Å². The van der Waals surface area contributed by atoms with Crippen LogP contribution in [0.25, 0.3) is 0 Å². The third-order valence-corrected chi connectivity index (χ3v) is 3.24. The van der Waals surface area contributed by atoms with E-state index in [1.54, 1.807) is 0 Å². The smallest absolute Gasteiger partial charge is 0.326 e. The van der Waals surface area contributed by atoms with Gasteiger partial charge in [0.1, 0.15) is 11.7 Å². The van der Waals surface area contributed by atoms with Crippen LogP contribution in [0.4, 0.5) is 0 Å². The normalized spacial score (nSPS) is 23.9. The molecule has 2 atom stereocenters. The van der Waals surface area contributed by atoms with Crippen molar-refractivity contribution in [3.8, 4) is 0 Å². The van der Waals surface area contributed by atoms with Crippen LogP contribution in [-0.4, -0.2) is 44.4 Å². The lowest BCUT2D eigenvalue weighted by Gasteiger charge is -2.35. The summed E-state index contributed by atoms with van der Waals surface area (Å²) in [6.07, 6.45) is 2.47. The summed E-state index contributed by atoms with van der Waals surface area (Å²) in [7, 11) is 0. The Bertz CT molecular complexity index is 518. The largest absolute Gasteiger partial charge is 0.480 e. The van der Waals surface area contributed by atoms with Crippen LogP contribution in [0.2, 0.25) is 0 Å². The average Bonchev–Trinajstić information content (AvgIpc) is 2.75. The number of piperidine rings is 1. The Balaban J connectivity index is 2.22. The molecule has 98 valence electrons. The van der Waals surface area contributed by atoms with Crippen molar-refractivity contribution in [3.63, 3.8) is 0 Å². The zero-order valence-corrected chi connectivity index (χ0v) is 9.97. The van der Waals surface area contributed by atoms with Crippen molar-refractivity contribution in [2.24, 2.45) is 5.92 Å². The van der Waals surface area contributed by atoms with E-state index in [2.05, 4.69) is 9.97 Å².